The molecule has 0 atom stereocenters. The normalized spacial score (nSPS) is 17.7. The lowest BCUT2D eigenvalue weighted by molar-refractivity contribution is -0.138. The van der Waals surface area contributed by atoms with Gasteiger partial charge in [-0.25, -0.2) is 4.79 Å². The molecule has 1 saturated heterocycles. The molecule has 1 amide bonds. The zero-order chi connectivity index (χ0) is 19.8. The molecular formula is C17H21F3N2O4. The van der Waals surface area contributed by atoms with Gasteiger partial charge < -0.3 is 14.7 Å². The van der Waals surface area contributed by atoms with Crippen LogP contribution >= 0.6 is 0 Å². The molecule has 0 aromatic carbocycles. The van der Waals surface area contributed by atoms with E-state index in [9.17, 15) is 27.9 Å². The predicted octanol–water partition coefficient (Wildman–Crippen LogP) is 3.13. The highest BCUT2D eigenvalue weighted by Gasteiger charge is 2.40. The number of aliphatic hydroxyl groups is 1. The van der Waals surface area contributed by atoms with E-state index < -0.39 is 34.7 Å². The first-order valence-electron chi connectivity index (χ1n) is 8.09. The number of nitrogens with zero attached hydrogens (tertiary/aromatic N) is 2. The Hall–Kier alpha value is -2.16. The van der Waals surface area contributed by atoms with Crippen molar-refractivity contribution in [2.45, 2.75) is 51.0 Å². The van der Waals surface area contributed by atoms with Crippen molar-refractivity contribution in [1.82, 2.24) is 9.88 Å². The largest absolute Gasteiger partial charge is 0.444 e. The van der Waals surface area contributed by atoms with Crippen LogP contribution < -0.4 is 0 Å². The fourth-order valence-corrected chi connectivity index (χ4v) is 2.73. The maximum Gasteiger partial charge on any atom is 0.418 e. The number of hydrogen-bond donors (Lipinski definition) is 1. The summed E-state index contributed by atoms with van der Waals surface area (Å²) in [6.07, 6.45) is -4.13. The third-order valence-corrected chi connectivity index (χ3v) is 4.12. The molecule has 1 aromatic rings. The molecule has 1 aliphatic rings. The second-order valence-corrected chi connectivity index (χ2v) is 7.27. The summed E-state index contributed by atoms with van der Waals surface area (Å²) in [4.78, 5) is 27.8. The molecule has 0 spiro atoms. The van der Waals surface area contributed by atoms with Gasteiger partial charge in [0.1, 0.15) is 11.3 Å². The topological polar surface area (TPSA) is 79.7 Å². The Labute approximate surface area is 149 Å². The van der Waals surface area contributed by atoms with Crippen LogP contribution in [0, 0.1) is 0 Å². The minimum atomic E-state index is -4.76. The van der Waals surface area contributed by atoms with Gasteiger partial charge in [0.2, 0.25) is 0 Å². The number of carbonyl (C=O) groups is 2. The molecule has 6 nitrogen and oxygen atoms in total. The van der Waals surface area contributed by atoms with Crippen molar-refractivity contribution in [3.05, 3.63) is 29.1 Å². The van der Waals surface area contributed by atoms with Gasteiger partial charge in [0.05, 0.1) is 11.2 Å². The molecule has 0 radical (unpaired) electrons. The van der Waals surface area contributed by atoms with E-state index in [1.807, 2.05) is 0 Å². The fourth-order valence-electron chi connectivity index (χ4n) is 2.73. The molecule has 9 heteroatoms. The van der Waals surface area contributed by atoms with Gasteiger partial charge in [-0.3, -0.25) is 9.78 Å². The fraction of sp³-hybridized carbons (Fsp3) is 0.588. The lowest BCUT2D eigenvalue weighted by Crippen LogP contribution is -2.47. The first-order chi connectivity index (χ1) is 11.9. The number of amides is 1. The van der Waals surface area contributed by atoms with Gasteiger partial charge in [0.15, 0.2) is 6.29 Å². The Kier molecular flexibility index (Phi) is 5.32. The number of alkyl halides is 3. The number of likely N-dealkylation sites (tertiary alicyclic amines) is 1. The summed E-state index contributed by atoms with van der Waals surface area (Å²) < 4.78 is 44.5. The van der Waals surface area contributed by atoms with Gasteiger partial charge in [-0.05, 0) is 39.7 Å². The van der Waals surface area contributed by atoms with Crippen molar-refractivity contribution >= 4 is 12.4 Å². The third kappa shape index (κ3) is 4.51. The molecule has 26 heavy (non-hydrogen) atoms. The van der Waals surface area contributed by atoms with E-state index in [0.29, 0.717) is 0 Å². The first-order valence-corrected chi connectivity index (χ1v) is 8.09. The van der Waals surface area contributed by atoms with Crippen LogP contribution in [0.5, 0.6) is 0 Å². The van der Waals surface area contributed by atoms with Crippen molar-refractivity contribution in [2.24, 2.45) is 0 Å². The first kappa shape index (κ1) is 20.2. The van der Waals surface area contributed by atoms with E-state index in [1.165, 1.54) is 4.90 Å². The zero-order valence-corrected chi connectivity index (χ0v) is 14.8. The molecule has 2 rings (SSSR count). The van der Waals surface area contributed by atoms with Crippen LogP contribution in [-0.2, 0) is 16.5 Å². The molecule has 1 N–H and O–H groups in total. The van der Waals surface area contributed by atoms with E-state index in [4.69, 9.17) is 4.74 Å². The summed E-state index contributed by atoms with van der Waals surface area (Å²) in [7, 11) is 0. The molecule has 2 heterocycles. The van der Waals surface area contributed by atoms with E-state index in [-0.39, 0.29) is 37.8 Å². The molecule has 0 bridgehead atoms. The van der Waals surface area contributed by atoms with Gasteiger partial charge in [-0.15, -0.1) is 0 Å². The van der Waals surface area contributed by atoms with E-state index in [0.717, 1.165) is 12.3 Å². The Morgan fingerprint density at radius 2 is 1.88 bits per heavy atom. The second-order valence-electron chi connectivity index (χ2n) is 7.27. The van der Waals surface area contributed by atoms with Crippen molar-refractivity contribution < 1.29 is 32.6 Å². The van der Waals surface area contributed by atoms with Crippen molar-refractivity contribution in [3.63, 3.8) is 0 Å². The molecule has 1 aliphatic heterocycles. The van der Waals surface area contributed by atoms with Gasteiger partial charge in [-0.2, -0.15) is 13.2 Å². The Morgan fingerprint density at radius 3 is 2.35 bits per heavy atom. The lowest BCUT2D eigenvalue weighted by Gasteiger charge is -2.38. The standard InChI is InChI=1S/C17H21F3N2O4/c1-15(2,3)26-14(24)22-6-4-16(25,5-7-22)11-8-12(17(18,19)20)13(10-23)21-9-11/h8-10,25H,4-7H2,1-3H3. The second kappa shape index (κ2) is 6.86. The minimum absolute atomic E-state index is 0.0285. The number of ether oxygens (including phenoxy) is 1. The molecule has 1 aromatic heterocycles. The number of piperidine rings is 1. The Bertz CT molecular complexity index is 690. The van der Waals surface area contributed by atoms with Crippen LogP contribution in [0.3, 0.4) is 0 Å². The Morgan fingerprint density at radius 1 is 1.31 bits per heavy atom. The summed E-state index contributed by atoms with van der Waals surface area (Å²) >= 11 is 0. The highest BCUT2D eigenvalue weighted by molar-refractivity contribution is 5.74. The van der Waals surface area contributed by atoms with Gasteiger partial charge in [0.25, 0.3) is 0 Å². The maximum absolute atomic E-state index is 13.1. The zero-order valence-electron chi connectivity index (χ0n) is 14.8. The van der Waals surface area contributed by atoms with Crippen molar-refractivity contribution in [1.29, 1.82) is 0 Å². The van der Waals surface area contributed by atoms with Crippen LogP contribution in [0.15, 0.2) is 12.3 Å². The number of pyridine rings is 1. The molecule has 144 valence electrons. The van der Waals surface area contributed by atoms with E-state index in [1.54, 1.807) is 20.8 Å². The maximum atomic E-state index is 13.1. The van der Waals surface area contributed by atoms with Crippen LogP contribution in [-0.4, -0.2) is 46.1 Å². The van der Waals surface area contributed by atoms with Crippen molar-refractivity contribution in [2.75, 3.05) is 13.1 Å². The summed E-state index contributed by atoms with van der Waals surface area (Å²) in [6, 6.07) is 0.750. The summed E-state index contributed by atoms with van der Waals surface area (Å²) in [5, 5.41) is 10.8. The summed E-state index contributed by atoms with van der Waals surface area (Å²) in [6.45, 7) is 5.43. The van der Waals surface area contributed by atoms with Crippen LogP contribution in [0.25, 0.3) is 0 Å². The molecule has 1 fully saturated rings. The van der Waals surface area contributed by atoms with E-state index >= 15 is 0 Å². The average molecular weight is 374 g/mol. The highest BCUT2D eigenvalue weighted by Crippen LogP contribution is 2.37. The van der Waals surface area contributed by atoms with Crippen LogP contribution in [0.2, 0.25) is 0 Å². The highest BCUT2D eigenvalue weighted by atomic mass is 19.4. The molecular weight excluding hydrogens is 353 g/mol. The van der Waals surface area contributed by atoms with E-state index in [2.05, 4.69) is 4.98 Å². The quantitative estimate of drug-likeness (QED) is 0.805. The number of rotatable bonds is 2. The summed E-state index contributed by atoms with van der Waals surface area (Å²) in [5.41, 5.74) is -4.17. The lowest BCUT2D eigenvalue weighted by atomic mass is 9.84. The predicted molar refractivity (Wildman–Crippen MR) is 85.6 cm³/mol. The molecule has 0 unspecified atom stereocenters. The molecule has 0 aliphatic carbocycles. The van der Waals surface area contributed by atoms with Crippen LogP contribution in [0.1, 0.15) is 55.2 Å². The van der Waals surface area contributed by atoms with Gasteiger partial charge >= 0.3 is 12.3 Å². The minimum Gasteiger partial charge on any atom is -0.444 e. The van der Waals surface area contributed by atoms with Crippen LogP contribution in [0.4, 0.5) is 18.0 Å². The average Bonchev–Trinajstić information content (AvgIpc) is 2.52. The number of aldehydes is 1. The SMILES string of the molecule is CC(C)(C)OC(=O)N1CCC(O)(c2cnc(C=O)c(C(F)(F)F)c2)CC1. The Balaban J connectivity index is 2.18. The number of halogens is 3. The summed E-state index contributed by atoms with van der Waals surface area (Å²) in [5.74, 6) is 0. The van der Waals surface area contributed by atoms with Crippen molar-refractivity contribution in [3.8, 4) is 0 Å². The van der Waals surface area contributed by atoms with Gasteiger partial charge in [0, 0.05) is 24.8 Å². The number of carbonyl (C=O) groups excluding carboxylic acids is 2. The smallest absolute Gasteiger partial charge is 0.418 e. The molecule has 0 saturated carbocycles. The number of hydrogen-bond acceptors (Lipinski definition) is 5. The third-order valence-electron chi connectivity index (χ3n) is 4.12. The monoisotopic (exact) mass is 374 g/mol. The van der Waals surface area contributed by atoms with Gasteiger partial charge in [-0.1, -0.05) is 0 Å². The number of aromatic nitrogens is 1.